The number of unbranched alkanes of at least 4 members (excludes halogenated alkanes) is 3. The summed E-state index contributed by atoms with van der Waals surface area (Å²) in [6.07, 6.45) is 8.75. The molecule has 0 amide bonds. The topological polar surface area (TPSA) is 12.0 Å². The van der Waals surface area contributed by atoms with E-state index in [1.165, 1.54) is 32.1 Å². The van der Waals surface area contributed by atoms with E-state index in [2.05, 4.69) is 45.7 Å². The largest absolute Gasteiger partial charge is 0.314 e. The van der Waals surface area contributed by atoms with E-state index < -0.39 is 0 Å². The third-order valence-corrected chi connectivity index (χ3v) is 3.01. The smallest absolute Gasteiger partial charge is 0.00421 e. The maximum atomic E-state index is 3.97. The Balaban J connectivity index is 3.80. The first-order valence-corrected chi connectivity index (χ1v) is 6.41. The summed E-state index contributed by atoms with van der Waals surface area (Å²) in [5.41, 5.74) is 0.276. The van der Waals surface area contributed by atoms with Crippen LogP contribution < -0.4 is 5.32 Å². The van der Waals surface area contributed by atoms with E-state index in [1.807, 2.05) is 0 Å². The van der Waals surface area contributed by atoms with Gasteiger partial charge in [-0.05, 0) is 11.8 Å². The molecule has 0 aromatic carbocycles. The molecule has 0 aromatic rings. The molecule has 1 unspecified atom stereocenters. The van der Waals surface area contributed by atoms with Crippen LogP contribution in [0.5, 0.6) is 0 Å². The molecule has 0 aliphatic heterocycles. The third-order valence-electron chi connectivity index (χ3n) is 3.01. The Morgan fingerprint density at radius 3 is 2.40 bits per heavy atom. The van der Waals surface area contributed by atoms with Crippen molar-refractivity contribution in [3.63, 3.8) is 0 Å². The molecule has 0 aromatic heterocycles. The van der Waals surface area contributed by atoms with Crippen LogP contribution in [0.1, 0.15) is 59.8 Å². The fourth-order valence-corrected chi connectivity index (χ4v) is 1.66. The van der Waals surface area contributed by atoms with Crippen LogP contribution in [0.2, 0.25) is 0 Å². The minimum absolute atomic E-state index is 0.276. The standard InChI is InChI=1S/C14H29N/c1-6-8-9-10-11-14(5,7-2)12-15-13(3)4/h7,13,15H,2,6,8-12H2,1,3-5H3. The second-order valence-electron chi connectivity index (χ2n) is 5.20. The van der Waals surface area contributed by atoms with Gasteiger partial charge in [0.05, 0.1) is 0 Å². The SMILES string of the molecule is C=CC(C)(CCCCCC)CNC(C)C. The Kier molecular flexibility index (Phi) is 7.76. The predicted molar refractivity (Wildman–Crippen MR) is 70.2 cm³/mol. The van der Waals surface area contributed by atoms with E-state index in [0.29, 0.717) is 6.04 Å². The summed E-state index contributed by atoms with van der Waals surface area (Å²) in [4.78, 5) is 0. The van der Waals surface area contributed by atoms with E-state index in [9.17, 15) is 0 Å². The average molecular weight is 211 g/mol. The van der Waals surface area contributed by atoms with Crippen molar-refractivity contribution < 1.29 is 0 Å². The van der Waals surface area contributed by atoms with Crippen molar-refractivity contribution in [2.45, 2.75) is 65.8 Å². The minimum atomic E-state index is 0.276. The first-order valence-electron chi connectivity index (χ1n) is 6.41. The Morgan fingerprint density at radius 1 is 1.27 bits per heavy atom. The van der Waals surface area contributed by atoms with Gasteiger partial charge in [-0.25, -0.2) is 0 Å². The highest BCUT2D eigenvalue weighted by atomic mass is 14.9. The molecular weight excluding hydrogens is 182 g/mol. The van der Waals surface area contributed by atoms with Crippen molar-refractivity contribution in [3.05, 3.63) is 12.7 Å². The zero-order valence-corrected chi connectivity index (χ0v) is 11.1. The highest BCUT2D eigenvalue weighted by Gasteiger charge is 2.19. The van der Waals surface area contributed by atoms with Gasteiger partial charge in [-0.1, -0.05) is 59.5 Å². The van der Waals surface area contributed by atoms with E-state index >= 15 is 0 Å². The molecule has 0 saturated heterocycles. The molecule has 1 atom stereocenters. The molecule has 0 saturated carbocycles. The lowest BCUT2D eigenvalue weighted by Gasteiger charge is -2.27. The second kappa shape index (κ2) is 7.92. The molecule has 1 nitrogen and oxygen atoms in total. The summed E-state index contributed by atoms with van der Waals surface area (Å²) < 4.78 is 0. The number of hydrogen-bond acceptors (Lipinski definition) is 1. The molecule has 0 rings (SSSR count). The molecule has 0 spiro atoms. The number of hydrogen-bond donors (Lipinski definition) is 1. The van der Waals surface area contributed by atoms with Crippen LogP contribution in [0.4, 0.5) is 0 Å². The summed E-state index contributed by atoms with van der Waals surface area (Å²) in [5, 5.41) is 3.51. The zero-order chi connectivity index (χ0) is 11.7. The summed E-state index contributed by atoms with van der Waals surface area (Å²) in [5.74, 6) is 0. The Morgan fingerprint density at radius 2 is 1.93 bits per heavy atom. The van der Waals surface area contributed by atoms with Crippen LogP contribution >= 0.6 is 0 Å². The summed E-state index contributed by atoms with van der Waals surface area (Å²) >= 11 is 0. The van der Waals surface area contributed by atoms with Crippen molar-refractivity contribution >= 4 is 0 Å². The lowest BCUT2D eigenvalue weighted by Crippen LogP contribution is -2.34. The van der Waals surface area contributed by atoms with Crippen molar-refractivity contribution in [1.82, 2.24) is 5.32 Å². The molecule has 0 radical (unpaired) electrons. The van der Waals surface area contributed by atoms with Crippen molar-refractivity contribution in [2.24, 2.45) is 5.41 Å². The maximum Gasteiger partial charge on any atom is 0.00421 e. The van der Waals surface area contributed by atoms with Gasteiger partial charge in [-0.15, -0.1) is 6.58 Å². The lowest BCUT2D eigenvalue weighted by molar-refractivity contribution is 0.336. The van der Waals surface area contributed by atoms with Gasteiger partial charge in [0.1, 0.15) is 0 Å². The molecule has 15 heavy (non-hydrogen) atoms. The van der Waals surface area contributed by atoms with Crippen LogP contribution in [0.25, 0.3) is 0 Å². The molecule has 0 aliphatic rings. The zero-order valence-electron chi connectivity index (χ0n) is 11.1. The summed E-state index contributed by atoms with van der Waals surface area (Å²) in [6, 6.07) is 0.569. The van der Waals surface area contributed by atoms with Crippen LogP contribution in [-0.2, 0) is 0 Å². The molecule has 90 valence electrons. The van der Waals surface area contributed by atoms with Gasteiger partial charge in [-0.3, -0.25) is 0 Å². The van der Waals surface area contributed by atoms with Gasteiger partial charge in [0.15, 0.2) is 0 Å². The van der Waals surface area contributed by atoms with Crippen LogP contribution in [0.15, 0.2) is 12.7 Å². The van der Waals surface area contributed by atoms with E-state index in [-0.39, 0.29) is 5.41 Å². The fourth-order valence-electron chi connectivity index (χ4n) is 1.66. The van der Waals surface area contributed by atoms with Gasteiger partial charge in [0, 0.05) is 12.6 Å². The summed E-state index contributed by atoms with van der Waals surface area (Å²) in [7, 11) is 0. The van der Waals surface area contributed by atoms with Crippen LogP contribution in [0.3, 0.4) is 0 Å². The van der Waals surface area contributed by atoms with E-state index in [4.69, 9.17) is 0 Å². The van der Waals surface area contributed by atoms with Crippen LogP contribution in [-0.4, -0.2) is 12.6 Å². The normalized spacial score (nSPS) is 15.3. The molecule has 0 heterocycles. The maximum absolute atomic E-state index is 3.97. The molecule has 0 fully saturated rings. The molecule has 0 bridgehead atoms. The van der Waals surface area contributed by atoms with Gasteiger partial charge in [-0.2, -0.15) is 0 Å². The highest BCUT2D eigenvalue weighted by Crippen LogP contribution is 2.25. The first kappa shape index (κ1) is 14.7. The van der Waals surface area contributed by atoms with Gasteiger partial charge < -0.3 is 5.32 Å². The molecule has 1 heteroatoms. The van der Waals surface area contributed by atoms with Crippen molar-refractivity contribution in [2.75, 3.05) is 6.54 Å². The Hall–Kier alpha value is -0.300. The Labute approximate surface area is 96.3 Å². The first-order chi connectivity index (χ1) is 7.04. The third kappa shape index (κ3) is 7.61. The second-order valence-corrected chi connectivity index (χ2v) is 5.20. The van der Waals surface area contributed by atoms with E-state index in [0.717, 1.165) is 6.54 Å². The Bertz CT molecular complexity index is 163. The quantitative estimate of drug-likeness (QED) is 0.446. The predicted octanol–water partition coefficient (Wildman–Crippen LogP) is 4.15. The molecule has 1 N–H and O–H groups in total. The fraction of sp³-hybridized carbons (Fsp3) is 0.857. The monoisotopic (exact) mass is 211 g/mol. The lowest BCUT2D eigenvalue weighted by atomic mass is 9.84. The van der Waals surface area contributed by atoms with Crippen molar-refractivity contribution in [1.29, 1.82) is 0 Å². The number of rotatable bonds is 9. The van der Waals surface area contributed by atoms with Gasteiger partial charge in [0.2, 0.25) is 0 Å². The summed E-state index contributed by atoms with van der Waals surface area (Å²) in [6.45, 7) is 14.0. The average Bonchev–Trinajstić information content (AvgIpc) is 2.22. The highest BCUT2D eigenvalue weighted by molar-refractivity contribution is 4.93. The molecular formula is C14H29N. The van der Waals surface area contributed by atoms with E-state index in [1.54, 1.807) is 0 Å². The van der Waals surface area contributed by atoms with Gasteiger partial charge >= 0.3 is 0 Å². The van der Waals surface area contributed by atoms with Crippen molar-refractivity contribution in [3.8, 4) is 0 Å². The molecule has 0 aliphatic carbocycles. The van der Waals surface area contributed by atoms with Gasteiger partial charge in [0.25, 0.3) is 0 Å². The number of nitrogens with one attached hydrogen (secondary N) is 1. The minimum Gasteiger partial charge on any atom is -0.314 e. The van der Waals surface area contributed by atoms with Crippen LogP contribution in [0, 0.1) is 5.41 Å².